The molecule has 3 atom stereocenters. The van der Waals surface area contributed by atoms with Crippen molar-refractivity contribution in [1.29, 1.82) is 0 Å². The third kappa shape index (κ3) is 5.67. The van der Waals surface area contributed by atoms with Gasteiger partial charge in [-0.15, -0.1) is 12.0 Å². The van der Waals surface area contributed by atoms with Crippen molar-refractivity contribution in [2.24, 2.45) is 0 Å². The Hall–Kier alpha value is -4.32. The number of pyridine rings is 2. The molecular formula is C31H31ClFN7. The molecule has 2 aromatic heterocycles. The van der Waals surface area contributed by atoms with Crippen LogP contribution in [-0.2, 0) is 0 Å². The van der Waals surface area contributed by atoms with Crippen LogP contribution in [0.25, 0.3) is 10.9 Å². The van der Waals surface area contributed by atoms with E-state index in [0.29, 0.717) is 16.1 Å². The van der Waals surface area contributed by atoms with Crippen LogP contribution >= 0.6 is 11.6 Å². The summed E-state index contributed by atoms with van der Waals surface area (Å²) in [4.78, 5) is 8.89. The van der Waals surface area contributed by atoms with E-state index in [1.165, 1.54) is 0 Å². The van der Waals surface area contributed by atoms with Gasteiger partial charge in [-0.1, -0.05) is 60.8 Å². The molecule has 4 N–H and O–H groups in total. The van der Waals surface area contributed by atoms with Crippen molar-refractivity contribution in [1.82, 2.24) is 25.9 Å². The minimum Gasteiger partial charge on any atom is -0.377 e. The highest BCUT2D eigenvalue weighted by Crippen LogP contribution is 2.37. The summed E-state index contributed by atoms with van der Waals surface area (Å²) in [6.07, 6.45) is 13.8. The molecule has 0 amide bonds. The average Bonchev–Trinajstić information content (AvgIpc) is 3.49. The predicted octanol–water partition coefficient (Wildman–Crippen LogP) is 6.51. The second-order valence-electron chi connectivity index (χ2n) is 9.66. The number of halogens is 2. The number of hydrazine groups is 2. The van der Waals surface area contributed by atoms with E-state index in [4.69, 9.17) is 18.0 Å². The van der Waals surface area contributed by atoms with E-state index >= 15 is 0 Å². The van der Waals surface area contributed by atoms with Gasteiger partial charge >= 0.3 is 0 Å². The molecule has 204 valence electrons. The summed E-state index contributed by atoms with van der Waals surface area (Å²) in [6.45, 7) is 3.44. The largest absolute Gasteiger partial charge is 0.377 e. The summed E-state index contributed by atoms with van der Waals surface area (Å²) in [6, 6.07) is 17.3. The average molecular weight is 556 g/mol. The van der Waals surface area contributed by atoms with Crippen LogP contribution in [0.1, 0.15) is 49.0 Å². The Labute approximate surface area is 238 Å². The van der Waals surface area contributed by atoms with Crippen LogP contribution in [0.15, 0.2) is 85.1 Å². The third-order valence-electron chi connectivity index (χ3n) is 6.95. The summed E-state index contributed by atoms with van der Waals surface area (Å²) >= 11 is 6.80. The Morgan fingerprint density at radius 1 is 1.10 bits per heavy atom. The van der Waals surface area contributed by atoms with Crippen molar-refractivity contribution in [3.63, 3.8) is 0 Å². The number of alkyl halides is 1. The number of hydrogen-bond acceptors (Lipinski definition) is 7. The van der Waals surface area contributed by atoms with E-state index in [9.17, 15) is 4.39 Å². The van der Waals surface area contributed by atoms with Gasteiger partial charge in [0.15, 0.2) is 0 Å². The molecule has 1 aliphatic rings. The molecule has 0 saturated carbocycles. The van der Waals surface area contributed by atoms with Crippen LogP contribution in [0.5, 0.6) is 0 Å². The van der Waals surface area contributed by atoms with Crippen LogP contribution in [0.4, 0.5) is 15.8 Å². The molecule has 5 rings (SSSR count). The van der Waals surface area contributed by atoms with E-state index in [-0.39, 0.29) is 18.1 Å². The first-order valence-corrected chi connectivity index (χ1v) is 13.5. The Morgan fingerprint density at radius 3 is 2.60 bits per heavy atom. The van der Waals surface area contributed by atoms with Crippen molar-refractivity contribution in [3.8, 4) is 12.3 Å². The van der Waals surface area contributed by atoms with Crippen molar-refractivity contribution >= 4 is 33.9 Å². The van der Waals surface area contributed by atoms with Gasteiger partial charge in [-0.3, -0.25) is 15.0 Å². The van der Waals surface area contributed by atoms with Gasteiger partial charge < -0.3 is 16.1 Å². The zero-order chi connectivity index (χ0) is 28.1. The predicted molar refractivity (Wildman–Crippen MR) is 160 cm³/mol. The Morgan fingerprint density at radius 2 is 1.90 bits per heavy atom. The topological polar surface area (TPSA) is 77.1 Å². The van der Waals surface area contributed by atoms with Crippen molar-refractivity contribution in [2.75, 3.05) is 17.3 Å². The van der Waals surface area contributed by atoms with Crippen LogP contribution in [0, 0.1) is 12.3 Å². The van der Waals surface area contributed by atoms with Crippen molar-refractivity contribution < 1.29 is 4.39 Å². The maximum Gasteiger partial charge on any atom is 0.111 e. The summed E-state index contributed by atoms with van der Waals surface area (Å²) in [5.74, 6) is 2.78. The second-order valence-corrected chi connectivity index (χ2v) is 10.1. The summed E-state index contributed by atoms with van der Waals surface area (Å²) in [5.41, 5.74) is 11.9. The Bertz CT molecular complexity index is 1540. The highest BCUT2D eigenvalue weighted by atomic mass is 35.5. The number of rotatable bonds is 10. The van der Waals surface area contributed by atoms with E-state index in [1.54, 1.807) is 30.5 Å². The number of fused-ring (bicyclic) bond motifs is 1. The molecular weight excluding hydrogens is 525 g/mol. The molecule has 7 nitrogen and oxygen atoms in total. The summed E-state index contributed by atoms with van der Waals surface area (Å²) in [7, 11) is 0. The lowest BCUT2D eigenvalue weighted by Crippen LogP contribution is -2.43. The normalized spacial score (nSPS) is 15.1. The molecule has 0 bridgehead atoms. The summed E-state index contributed by atoms with van der Waals surface area (Å²) in [5, 5.41) is 10.3. The van der Waals surface area contributed by atoms with Gasteiger partial charge in [-0.25, -0.2) is 4.39 Å². The SMILES string of the molecule is C#Cc1cnc2c(Cl)cc(N[C@H](C3=CN([C@@H](C)CF)NN3)c3cccnc3)cc2c1N[C@H](CC)c1ccccc1. The molecule has 0 unspecified atom stereocenters. The smallest absolute Gasteiger partial charge is 0.111 e. The van der Waals surface area contributed by atoms with Gasteiger partial charge in [0, 0.05) is 35.9 Å². The summed E-state index contributed by atoms with van der Waals surface area (Å²) < 4.78 is 13.3. The van der Waals surface area contributed by atoms with E-state index in [2.05, 4.69) is 56.5 Å². The maximum atomic E-state index is 13.3. The van der Waals surface area contributed by atoms with E-state index < -0.39 is 6.67 Å². The van der Waals surface area contributed by atoms with E-state index in [0.717, 1.165) is 40.0 Å². The Balaban J connectivity index is 1.57. The second kappa shape index (κ2) is 12.2. The molecule has 9 heteroatoms. The quantitative estimate of drug-likeness (QED) is 0.166. The fourth-order valence-electron chi connectivity index (χ4n) is 4.74. The van der Waals surface area contributed by atoms with Gasteiger partial charge in [-0.05, 0) is 42.7 Å². The molecule has 0 radical (unpaired) electrons. The minimum absolute atomic E-state index is 0.0415. The number of benzene rings is 2. The van der Waals surface area contributed by atoms with Crippen LogP contribution in [0.2, 0.25) is 5.02 Å². The number of hydrogen-bond donors (Lipinski definition) is 4. The molecule has 40 heavy (non-hydrogen) atoms. The fourth-order valence-corrected chi connectivity index (χ4v) is 5.01. The number of nitrogens with zero attached hydrogens (tertiary/aromatic N) is 3. The van der Waals surface area contributed by atoms with Crippen molar-refractivity contribution in [2.45, 2.75) is 38.4 Å². The minimum atomic E-state index is -0.494. The zero-order valence-electron chi connectivity index (χ0n) is 22.3. The zero-order valence-corrected chi connectivity index (χ0v) is 23.1. The fraction of sp³-hybridized carbons (Fsp3) is 0.226. The lowest BCUT2D eigenvalue weighted by molar-refractivity contribution is 0.178. The molecule has 0 saturated heterocycles. The van der Waals surface area contributed by atoms with Crippen molar-refractivity contribution in [3.05, 3.63) is 107 Å². The molecule has 4 aromatic rings. The van der Waals surface area contributed by atoms with Gasteiger partial charge in [0.2, 0.25) is 0 Å². The third-order valence-corrected chi connectivity index (χ3v) is 7.24. The molecule has 0 spiro atoms. The first-order chi connectivity index (χ1) is 19.5. The molecule has 1 aliphatic heterocycles. The lowest BCUT2D eigenvalue weighted by atomic mass is 10.0. The molecule has 0 fully saturated rings. The standard InChI is InChI=1S/C31H31ClFN7/c1-4-21-18-35-31-25(29(21)37-27(5-2)22-10-7-6-8-11-22)14-24(15-26(31)32)36-30(23-12-9-13-34-17-23)28-19-40(39-38-28)20(3)16-33/h1,6-15,17-20,27,30,36,38-39H,5,16H2,2-3H3,(H,35,37)/t20-,27+,30-/m0/s1. The molecule has 0 aliphatic carbocycles. The Kier molecular flexibility index (Phi) is 8.34. The van der Waals surface area contributed by atoms with Gasteiger partial charge in [-0.2, -0.15) is 0 Å². The number of anilines is 2. The number of aromatic nitrogens is 2. The van der Waals surface area contributed by atoms with Gasteiger partial charge in [0.1, 0.15) is 6.67 Å². The van der Waals surface area contributed by atoms with Crippen LogP contribution in [0.3, 0.4) is 0 Å². The number of terminal acetylenes is 1. The number of nitrogens with one attached hydrogen (secondary N) is 4. The highest BCUT2D eigenvalue weighted by molar-refractivity contribution is 6.35. The van der Waals surface area contributed by atoms with Crippen LogP contribution in [-0.4, -0.2) is 27.7 Å². The van der Waals surface area contributed by atoms with Gasteiger partial charge in [0.25, 0.3) is 0 Å². The highest BCUT2D eigenvalue weighted by Gasteiger charge is 2.25. The first kappa shape index (κ1) is 27.3. The maximum absolute atomic E-state index is 13.3. The molecule has 3 heterocycles. The van der Waals surface area contributed by atoms with E-state index in [1.807, 2.05) is 48.7 Å². The van der Waals surface area contributed by atoms with Crippen LogP contribution < -0.4 is 21.6 Å². The lowest BCUT2D eigenvalue weighted by Gasteiger charge is -2.23. The first-order valence-electron chi connectivity index (χ1n) is 13.2. The van der Waals surface area contributed by atoms with Gasteiger partial charge in [0.05, 0.1) is 45.6 Å². The monoisotopic (exact) mass is 555 g/mol. The molecule has 2 aromatic carbocycles.